The Balaban J connectivity index is 2.21. The van der Waals surface area contributed by atoms with Gasteiger partial charge in [-0.15, -0.1) is 0 Å². The van der Waals surface area contributed by atoms with Gasteiger partial charge in [-0.05, 0) is 66.5 Å². The standard InChI is InChI=1S/C20H28O2/c1-13(2)14-6-8-16-15(12-14)7-9-17-19(16,3)10-5-11-20(17,4)18(21)22/h6,8,12-13,17H,5,7,9-11H2,1-4H3,(H,21,22)/t17?,19-,20-/m1/s1/i9D2. The van der Waals surface area contributed by atoms with Gasteiger partial charge in [-0.2, -0.15) is 0 Å². The molecule has 120 valence electrons. The monoisotopic (exact) mass is 302 g/mol. The summed E-state index contributed by atoms with van der Waals surface area (Å²) in [7, 11) is 0. The smallest absolute Gasteiger partial charge is 0.309 e. The van der Waals surface area contributed by atoms with Crippen LogP contribution < -0.4 is 0 Å². The van der Waals surface area contributed by atoms with Gasteiger partial charge in [0.25, 0.3) is 0 Å². The van der Waals surface area contributed by atoms with E-state index in [0.717, 1.165) is 18.4 Å². The van der Waals surface area contributed by atoms with Crippen LogP contribution in [0.5, 0.6) is 0 Å². The van der Waals surface area contributed by atoms with Crippen LogP contribution in [-0.2, 0) is 16.6 Å². The molecule has 0 saturated heterocycles. The zero-order valence-corrected chi connectivity index (χ0v) is 14.1. The van der Waals surface area contributed by atoms with Crippen molar-refractivity contribution in [2.75, 3.05) is 0 Å². The second kappa shape index (κ2) is 5.11. The Morgan fingerprint density at radius 3 is 2.73 bits per heavy atom. The highest BCUT2D eigenvalue weighted by Gasteiger charge is 2.55. The van der Waals surface area contributed by atoms with Crippen molar-refractivity contribution in [1.82, 2.24) is 0 Å². The van der Waals surface area contributed by atoms with Crippen LogP contribution in [-0.4, -0.2) is 11.1 Å². The number of carboxylic acid groups (broad SMARTS) is 1. The van der Waals surface area contributed by atoms with Gasteiger partial charge < -0.3 is 5.11 Å². The lowest BCUT2D eigenvalue weighted by Crippen LogP contribution is -2.52. The number of rotatable bonds is 2. The predicted octanol–water partition coefficient (Wildman–Crippen LogP) is 4.90. The van der Waals surface area contributed by atoms with Gasteiger partial charge in [0, 0.05) is 2.74 Å². The number of hydrogen-bond acceptors (Lipinski definition) is 1. The maximum Gasteiger partial charge on any atom is 0.309 e. The molecule has 0 heterocycles. The first-order chi connectivity index (χ1) is 11.0. The van der Waals surface area contributed by atoms with Crippen molar-refractivity contribution in [2.24, 2.45) is 11.3 Å². The molecule has 1 saturated carbocycles. The number of hydrogen-bond donors (Lipinski definition) is 1. The van der Waals surface area contributed by atoms with Gasteiger partial charge in [0.15, 0.2) is 0 Å². The van der Waals surface area contributed by atoms with E-state index in [-0.39, 0.29) is 0 Å². The van der Waals surface area contributed by atoms with Gasteiger partial charge in [-0.25, -0.2) is 0 Å². The van der Waals surface area contributed by atoms with E-state index in [9.17, 15) is 9.90 Å². The van der Waals surface area contributed by atoms with E-state index in [1.54, 1.807) is 6.92 Å². The Hall–Kier alpha value is -1.31. The molecule has 2 aliphatic carbocycles. The van der Waals surface area contributed by atoms with Crippen LogP contribution in [0.4, 0.5) is 0 Å². The Morgan fingerprint density at radius 1 is 1.36 bits per heavy atom. The summed E-state index contributed by atoms with van der Waals surface area (Å²) in [6.07, 6.45) is 1.05. The van der Waals surface area contributed by atoms with E-state index in [4.69, 9.17) is 2.74 Å². The molecular weight excluding hydrogens is 272 g/mol. The highest BCUT2D eigenvalue weighted by atomic mass is 16.4. The molecule has 1 aromatic carbocycles. The van der Waals surface area contributed by atoms with Gasteiger partial charge >= 0.3 is 5.97 Å². The summed E-state index contributed by atoms with van der Waals surface area (Å²) in [5.74, 6) is -0.951. The zero-order chi connectivity index (χ0) is 17.9. The lowest BCUT2D eigenvalue weighted by atomic mass is 9.50. The van der Waals surface area contributed by atoms with Crippen LogP contribution >= 0.6 is 0 Å². The first kappa shape index (κ1) is 13.2. The van der Waals surface area contributed by atoms with Gasteiger partial charge in [0.1, 0.15) is 0 Å². The quantitative estimate of drug-likeness (QED) is 0.843. The number of aryl methyl sites for hydroxylation is 1. The van der Waals surface area contributed by atoms with Crippen molar-refractivity contribution in [3.8, 4) is 0 Å². The zero-order valence-electron chi connectivity index (χ0n) is 16.1. The molecule has 22 heavy (non-hydrogen) atoms. The van der Waals surface area contributed by atoms with Crippen molar-refractivity contribution in [2.45, 2.75) is 71.1 Å². The molecule has 1 fully saturated rings. The van der Waals surface area contributed by atoms with Crippen molar-refractivity contribution < 1.29 is 12.6 Å². The average molecular weight is 302 g/mol. The van der Waals surface area contributed by atoms with Crippen LogP contribution in [0.15, 0.2) is 18.2 Å². The highest BCUT2D eigenvalue weighted by Crippen LogP contribution is 2.57. The van der Waals surface area contributed by atoms with Gasteiger partial charge in [0.05, 0.1) is 5.41 Å². The Kier molecular flexibility index (Phi) is 3.06. The number of benzene rings is 1. The first-order valence-electron chi connectivity index (χ1n) is 9.39. The van der Waals surface area contributed by atoms with E-state index in [1.807, 2.05) is 0 Å². The topological polar surface area (TPSA) is 37.3 Å². The molecule has 3 atom stereocenters. The Morgan fingerprint density at radius 2 is 2.09 bits per heavy atom. The van der Waals surface area contributed by atoms with E-state index >= 15 is 0 Å². The van der Waals surface area contributed by atoms with Crippen LogP contribution in [0, 0.1) is 11.3 Å². The third-order valence-corrected chi connectivity index (χ3v) is 6.06. The Labute approximate surface area is 136 Å². The lowest BCUT2D eigenvalue weighted by molar-refractivity contribution is -0.157. The fourth-order valence-corrected chi connectivity index (χ4v) is 4.67. The van der Waals surface area contributed by atoms with Crippen LogP contribution in [0.3, 0.4) is 0 Å². The van der Waals surface area contributed by atoms with Crippen LogP contribution in [0.25, 0.3) is 0 Å². The minimum absolute atomic E-state index is 0.312. The molecule has 2 nitrogen and oxygen atoms in total. The number of fused-ring (bicyclic) bond motifs is 3. The second-order valence-corrected chi connectivity index (χ2v) is 7.88. The molecule has 0 bridgehead atoms. The lowest BCUT2D eigenvalue weighted by Gasteiger charge is -2.53. The summed E-state index contributed by atoms with van der Waals surface area (Å²) in [4.78, 5) is 12.0. The van der Waals surface area contributed by atoms with Gasteiger partial charge in [-0.3, -0.25) is 4.79 Å². The largest absolute Gasteiger partial charge is 0.481 e. The summed E-state index contributed by atoms with van der Waals surface area (Å²) >= 11 is 0. The van der Waals surface area contributed by atoms with Gasteiger partial charge in [0.2, 0.25) is 0 Å². The first-order valence-corrected chi connectivity index (χ1v) is 8.39. The maximum absolute atomic E-state index is 12.0. The van der Waals surface area contributed by atoms with E-state index in [2.05, 4.69) is 39.0 Å². The summed E-state index contributed by atoms with van der Waals surface area (Å²) in [6, 6.07) is 6.42. The molecule has 1 N–H and O–H groups in total. The van der Waals surface area contributed by atoms with Crippen molar-refractivity contribution >= 4 is 5.97 Å². The van der Waals surface area contributed by atoms with E-state index in [0.29, 0.717) is 18.8 Å². The number of carbonyl (C=O) groups is 1. The minimum atomic E-state index is -1.51. The molecular formula is C20H28O2. The maximum atomic E-state index is 12.0. The third kappa shape index (κ3) is 2.11. The number of carboxylic acids is 1. The van der Waals surface area contributed by atoms with E-state index < -0.39 is 29.1 Å². The molecule has 3 rings (SSSR count). The second-order valence-electron chi connectivity index (χ2n) is 7.88. The van der Waals surface area contributed by atoms with Crippen molar-refractivity contribution in [1.29, 1.82) is 0 Å². The summed E-state index contributed by atoms with van der Waals surface area (Å²) in [5, 5.41) is 9.88. The predicted molar refractivity (Wildman–Crippen MR) is 89.3 cm³/mol. The van der Waals surface area contributed by atoms with Crippen molar-refractivity contribution in [3.63, 3.8) is 0 Å². The Bertz CT molecular complexity index is 682. The molecule has 2 aliphatic rings. The summed E-state index contributed by atoms with van der Waals surface area (Å²) in [5.41, 5.74) is 2.03. The summed E-state index contributed by atoms with van der Waals surface area (Å²) < 4.78 is 17.5. The summed E-state index contributed by atoms with van der Waals surface area (Å²) in [6.45, 7) is 8.13. The normalized spacial score (nSPS) is 37.8. The molecule has 1 unspecified atom stereocenters. The fraction of sp³-hybridized carbons (Fsp3) is 0.650. The average Bonchev–Trinajstić information content (AvgIpc) is 2.45. The molecule has 1 aromatic rings. The van der Waals surface area contributed by atoms with Crippen LogP contribution in [0.2, 0.25) is 0 Å². The van der Waals surface area contributed by atoms with Crippen LogP contribution in [0.1, 0.15) is 78.7 Å². The molecule has 0 spiro atoms. The minimum Gasteiger partial charge on any atom is -0.481 e. The molecule has 0 aromatic heterocycles. The molecule has 2 heteroatoms. The number of aliphatic carboxylic acids is 1. The molecule has 0 aliphatic heterocycles. The van der Waals surface area contributed by atoms with Crippen molar-refractivity contribution in [3.05, 3.63) is 34.9 Å². The molecule has 0 amide bonds. The SMILES string of the molecule is [2H]C1([2H])Cc2cc(C(C)C)ccc2[C@@]2(C)CCC[C@@](C)(C(=O)O)C12. The van der Waals surface area contributed by atoms with Gasteiger partial charge in [-0.1, -0.05) is 45.4 Å². The fourth-order valence-electron chi connectivity index (χ4n) is 4.67. The third-order valence-electron chi connectivity index (χ3n) is 6.06. The highest BCUT2D eigenvalue weighted by molar-refractivity contribution is 5.75. The van der Waals surface area contributed by atoms with E-state index in [1.165, 1.54) is 11.1 Å². The molecule has 0 radical (unpaired) electrons.